The third-order valence-corrected chi connectivity index (χ3v) is 5.69. The Labute approximate surface area is 168 Å². The van der Waals surface area contributed by atoms with Gasteiger partial charge in [-0.15, -0.1) is 0 Å². The second kappa shape index (κ2) is 9.51. The monoisotopic (exact) mass is 372 g/mol. The lowest BCUT2D eigenvalue weighted by Gasteiger charge is -2.37. The summed E-state index contributed by atoms with van der Waals surface area (Å²) in [5.41, 5.74) is 5.57. The average Bonchev–Trinajstić information content (AvgIpc) is 2.73. The molecular weight excluding hydrogens is 344 g/mol. The maximum atomic E-state index is 8.92. The number of nitrogens with zero attached hydrogens (tertiary/aromatic N) is 4. The number of likely N-dealkylation sites (N-methyl/N-ethyl adjacent to an activating group) is 2. The van der Waals surface area contributed by atoms with Crippen molar-refractivity contribution >= 4 is 0 Å². The summed E-state index contributed by atoms with van der Waals surface area (Å²) < 4.78 is 0. The van der Waals surface area contributed by atoms with Crippen LogP contribution in [0.25, 0.3) is 0 Å². The van der Waals surface area contributed by atoms with Crippen LogP contribution in [-0.2, 0) is 0 Å². The topological polar surface area (TPSA) is 54.1 Å². The van der Waals surface area contributed by atoms with Crippen molar-refractivity contribution in [1.82, 2.24) is 9.80 Å². The molecule has 144 valence electrons. The van der Waals surface area contributed by atoms with Crippen molar-refractivity contribution in [2.45, 2.75) is 24.7 Å². The van der Waals surface area contributed by atoms with Gasteiger partial charge in [0.15, 0.2) is 0 Å². The van der Waals surface area contributed by atoms with Crippen LogP contribution in [0.15, 0.2) is 48.5 Å². The second-order valence-electron chi connectivity index (χ2n) is 7.70. The van der Waals surface area contributed by atoms with Gasteiger partial charge in [0.05, 0.1) is 12.1 Å². The van der Waals surface area contributed by atoms with Gasteiger partial charge in [0.2, 0.25) is 0 Å². The van der Waals surface area contributed by atoms with Gasteiger partial charge in [0, 0.05) is 50.9 Å². The number of nitriles is 2. The minimum absolute atomic E-state index is 0.316. The van der Waals surface area contributed by atoms with Crippen LogP contribution in [0.5, 0.6) is 0 Å². The first kappa shape index (κ1) is 20.1. The predicted molar refractivity (Wildman–Crippen MR) is 112 cm³/mol. The predicted octanol–water partition coefficient (Wildman–Crippen LogP) is 3.95. The SMILES string of the molecule is CN(CCC#N)CC1c2ccccc2C(CN(C)CCC#N)c2ccccc21. The van der Waals surface area contributed by atoms with Crippen molar-refractivity contribution in [2.75, 3.05) is 40.3 Å². The van der Waals surface area contributed by atoms with Crippen LogP contribution in [0.3, 0.4) is 0 Å². The van der Waals surface area contributed by atoms with Gasteiger partial charge < -0.3 is 9.80 Å². The Bertz CT molecular complexity index is 757. The van der Waals surface area contributed by atoms with Crippen molar-refractivity contribution in [2.24, 2.45) is 0 Å². The largest absolute Gasteiger partial charge is 0.304 e. The van der Waals surface area contributed by atoms with E-state index < -0.39 is 0 Å². The van der Waals surface area contributed by atoms with Crippen LogP contribution >= 0.6 is 0 Å². The molecule has 2 aromatic carbocycles. The fraction of sp³-hybridized carbons (Fsp3) is 0.417. The number of hydrogen-bond acceptors (Lipinski definition) is 4. The zero-order chi connectivity index (χ0) is 19.9. The average molecular weight is 373 g/mol. The van der Waals surface area contributed by atoms with Crippen LogP contribution in [0, 0.1) is 22.7 Å². The number of rotatable bonds is 8. The van der Waals surface area contributed by atoms with Crippen molar-refractivity contribution in [3.8, 4) is 12.1 Å². The summed E-state index contributed by atoms with van der Waals surface area (Å²) in [6.45, 7) is 3.40. The molecule has 0 spiro atoms. The maximum Gasteiger partial charge on any atom is 0.0635 e. The minimum Gasteiger partial charge on any atom is -0.304 e. The van der Waals surface area contributed by atoms with E-state index in [1.807, 2.05) is 0 Å². The fourth-order valence-electron chi connectivity index (χ4n) is 4.31. The smallest absolute Gasteiger partial charge is 0.0635 e. The van der Waals surface area contributed by atoms with Crippen LogP contribution in [0.4, 0.5) is 0 Å². The lowest BCUT2D eigenvalue weighted by Crippen LogP contribution is -2.33. The van der Waals surface area contributed by atoms with Gasteiger partial charge in [-0.25, -0.2) is 0 Å². The standard InChI is InChI=1S/C24H28N4/c1-27(15-7-13-25)17-23-19-9-3-5-11-21(19)24(18-28(2)16-8-14-26)22-12-6-4-10-20(22)23/h3-6,9-12,23-24H,7-8,15-18H2,1-2H3. The van der Waals surface area contributed by atoms with Gasteiger partial charge in [0.25, 0.3) is 0 Å². The third kappa shape index (κ3) is 4.42. The maximum absolute atomic E-state index is 8.92. The molecule has 4 heteroatoms. The Morgan fingerprint density at radius 1 is 0.679 bits per heavy atom. The Morgan fingerprint density at radius 3 is 1.29 bits per heavy atom. The molecule has 0 bridgehead atoms. The molecule has 2 aromatic rings. The van der Waals surface area contributed by atoms with Crippen LogP contribution < -0.4 is 0 Å². The summed E-state index contributed by atoms with van der Waals surface area (Å²) >= 11 is 0. The first-order valence-corrected chi connectivity index (χ1v) is 9.94. The van der Waals surface area contributed by atoms with Crippen molar-refractivity contribution < 1.29 is 0 Å². The first-order valence-electron chi connectivity index (χ1n) is 9.94. The molecule has 0 heterocycles. The second-order valence-corrected chi connectivity index (χ2v) is 7.70. The highest BCUT2D eigenvalue weighted by molar-refractivity contribution is 5.53. The summed E-state index contributed by atoms with van der Waals surface area (Å²) in [6.07, 6.45) is 1.11. The molecule has 0 N–H and O–H groups in total. The number of benzene rings is 2. The minimum atomic E-state index is 0.316. The Morgan fingerprint density at radius 2 is 1.00 bits per heavy atom. The lowest BCUT2D eigenvalue weighted by molar-refractivity contribution is 0.315. The van der Waals surface area contributed by atoms with Crippen molar-refractivity contribution in [3.05, 3.63) is 70.8 Å². The highest BCUT2D eigenvalue weighted by atomic mass is 15.1. The molecule has 1 aliphatic carbocycles. The molecule has 28 heavy (non-hydrogen) atoms. The zero-order valence-corrected chi connectivity index (χ0v) is 16.8. The van der Waals surface area contributed by atoms with Crippen LogP contribution in [-0.4, -0.2) is 50.1 Å². The Balaban J connectivity index is 1.95. The molecule has 0 atom stereocenters. The zero-order valence-electron chi connectivity index (χ0n) is 16.8. The summed E-state index contributed by atoms with van der Waals surface area (Å²) in [7, 11) is 4.20. The van der Waals surface area contributed by atoms with Gasteiger partial charge in [-0.05, 0) is 36.3 Å². The van der Waals surface area contributed by atoms with E-state index in [1.54, 1.807) is 0 Å². The number of fused-ring (bicyclic) bond motifs is 2. The van der Waals surface area contributed by atoms with E-state index in [0.29, 0.717) is 24.7 Å². The van der Waals surface area contributed by atoms with Gasteiger partial charge in [-0.3, -0.25) is 0 Å². The molecule has 0 aromatic heterocycles. The third-order valence-electron chi connectivity index (χ3n) is 5.69. The normalized spacial score (nSPS) is 17.6. The van der Waals surface area contributed by atoms with Crippen molar-refractivity contribution in [1.29, 1.82) is 10.5 Å². The van der Waals surface area contributed by atoms with Crippen molar-refractivity contribution in [3.63, 3.8) is 0 Å². The molecular formula is C24H28N4. The van der Waals surface area contributed by atoms with Crippen LogP contribution in [0.1, 0.15) is 46.9 Å². The Hall–Kier alpha value is -2.66. The quantitative estimate of drug-likeness (QED) is 0.704. The molecule has 0 radical (unpaired) electrons. The van der Waals surface area contributed by atoms with E-state index in [4.69, 9.17) is 10.5 Å². The lowest BCUT2D eigenvalue weighted by atomic mass is 9.72. The molecule has 3 rings (SSSR count). The summed E-state index contributed by atoms with van der Waals surface area (Å²) in [5, 5.41) is 17.8. The first-order chi connectivity index (χ1) is 13.7. The number of hydrogen-bond donors (Lipinski definition) is 0. The van der Waals surface area contributed by atoms with E-state index in [1.165, 1.54) is 22.3 Å². The van der Waals surface area contributed by atoms with Gasteiger partial charge in [-0.2, -0.15) is 10.5 Å². The van der Waals surface area contributed by atoms with Gasteiger partial charge in [-0.1, -0.05) is 48.5 Å². The molecule has 0 saturated carbocycles. The highest BCUT2D eigenvalue weighted by Crippen LogP contribution is 2.43. The molecule has 0 aliphatic heterocycles. The highest BCUT2D eigenvalue weighted by Gasteiger charge is 2.32. The molecule has 0 amide bonds. The van der Waals surface area contributed by atoms with Gasteiger partial charge >= 0.3 is 0 Å². The Kier molecular flexibility index (Phi) is 6.82. The summed E-state index contributed by atoms with van der Waals surface area (Å²) in [5.74, 6) is 0.633. The molecule has 1 aliphatic rings. The summed E-state index contributed by atoms with van der Waals surface area (Å²) in [6, 6.07) is 22.1. The van der Waals surface area contributed by atoms with E-state index >= 15 is 0 Å². The van der Waals surface area contributed by atoms with E-state index in [9.17, 15) is 0 Å². The van der Waals surface area contributed by atoms with E-state index in [-0.39, 0.29) is 0 Å². The molecule has 0 fully saturated rings. The van der Waals surface area contributed by atoms with E-state index in [0.717, 1.165) is 26.2 Å². The van der Waals surface area contributed by atoms with Crippen LogP contribution in [0.2, 0.25) is 0 Å². The summed E-state index contributed by atoms with van der Waals surface area (Å²) in [4.78, 5) is 4.53. The van der Waals surface area contributed by atoms with E-state index in [2.05, 4.69) is 84.6 Å². The fourth-order valence-corrected chi connectivity index (χ4v) is 4.31. The van der Waals surface area contributed by atoms with Gasteiger partial charge in [0.1, 0.15) is 0 Å². The molecule has 4 nitrogen and oxygen atoms in total. The molecule has 0 unspecified atom stereocenters. The molecule has 0 saturated heterocycles.